The van der Waals surface area contributed by atoms with Crippen LogP contribution in [0, 0.1) is 13.8 Å². The Morgan fingerprint density at radius 2 is 1.94 bits per heavy atom. The van der Waals surface area contributed by atoms with Gasteiger partial charge in [0.05, 0.1) is 6.42 Å². The molecule has 3 aromatic rings. The Morgan fingerprint density at radius 1 is 1.18 bits per heavy atom. The van der Waals surface area contributed by atoms with Crippen molar-refractivity contribution >= 4 is 35.1 Å². The van der Waals surface area contributed by atoms with Gasteiger partial charge in [-0.3, -0.25) is 9.59 Å². The fourth-order valence-electron chi connectivity index (χ4n) is 4.36. The number of thioether (sulfide) groups is 1. The lowest BCUT2D eigenvalue weighted by Gasteiger charge is -2.21. The SMILES string of the molecule is CSc1nc2nc(C)c(CC(=O)OCC(=O)Nc3ccc4c(c3)OC3(CCCC3)O4)c(C)n2n1. The Bertz CT molecular complexity index is 1280. The lowest BCUT2D eigenvalue weighted by atomic mass is 10.1. The van der Waals surface area contributed by atoms with Crippen molar-refractivity contribution in [2.45, 2.75) is 56.9 Å². The van der Waals surface area contributed by atoms with Crippen LogP contribution < -0.4 is 14.8 Å². The van der Waals surface area contributed by atoms with Crippen LogP contribution in [-0.2, 0) is 20.7 Å². The Kier molecular flexibility index (Phi) is 5.80. The van der Waals surface area contributed by atoms with Crippen LogP contribution in [0.1, 0.15) is 42.6 Å². The predicted molar refractivity (Wildman–Crippen MR) is 124 cm³/mol. The van der Waals surface area contributed by atoms with Crippen LogP contribution in [-0.4, -0.2) is 50.1 Å². The second-order valence-electron chi connectivity index (χ2n) is 8.44. The first-order chi connectivity index (χ1) is 16.4. The molecular formula is C23H25N5O5S. The number of anilines is 1. The fraction of sp³-hybridized carbons (Fsp3) is 0.435. The van der Waals surface area contributed by atoms with E-state index >= 15 is 0 Å². The molecule has 0 saturated heterocycles. The van der Waals surface area contributed by atoms with Gasteiger partial charge in [-0.15, -0.1) is 5.10 Å². The molecular weight excluding hydrogens is 458 g/mol. The zero-order valence-corrected chi connectivity index (χ0v) is 20.0. The van der Waals surface area contributed by atoms with Gasteiger partial charge in [0.2, 0.25) is 5.16 Å². The predicted octanol–water partition coefficient (Wildman–Crippen LogP) is 3.23. The number of benzene rings is 1. The van der Waals surface area contributed by atoms with Crippen molar-refractivity contribution in [3.63, 3.8) is 0 Å². The van der Waals surface area contributed by atoms with Crippen molar-refractivity contribution in [2.75, 3.05) is 18.2 Å². The maximum absolute atomic E-state index is 12.5. The first-order valence-electron chi connectivity index (χ1n) is 11.1. The van der Waals surface area contributed by atoms with Crippen molar-refractivity contribution in [3.05, 3.63) is 35.2 Å². The summed E-state index contributed by atoms with van der Waals surface area (Å²) in [5.41, 5.74) is 2.69. The van der Waals surface area contributed by atoms with E-state index in [0.29, 0.717) is 39.4 Å². The number of hydrogen-bond donors (Lipinski definition) is 1. The van der Waals surface area contributed by atoms with Crippen LogP contribution in [0.3, 0.4) is 0 Å². The molecule has 11 heteroatoms. The van der Waals surface area contributed by atoms with E-state index in [1.165, 1.54) is 11.8 Å². The number of fused-ring (bicyclic) bond motifs is 2. The molecule has 5 rings (SSSR count). The van der Waals surface area contributed by atoms with Gasteiger partial charge in [0.1, 0.15) is 0 Å². The second kappa shape index (κ2) is 8.79. The highest BCUT2D eigenvalue weighted by atomic mass is 32.2. The lowest BCUT2D eigenvalue weighted by molar-refractivity contribution is -0.146. The molecule has 0 bridgehead atoms. The number of nitrogens with zero attached hydrogens (tertiary/aromatic N) is 4. The van der Waals surface area contributed by atoms with Gasteiger partial charge in [-0.25, -0.2) is 9.50 Å². The van der Waals surface area contributed by atoms with Crippen LogP contribution in [0.15, 0.2) is 23.4 Å². The molecule has 2 aromatic heterocycles. The minimum Gasteiger partial charge on any atom is -0.455 e. The molecule has 0 unspecified atom stereocenters. The van der Waals surface area contributed by atoms with E-state index in [4.69, 9.17) is 14.2 Å². The number of hydrogen-bond acceptors (Lipinski definition) is 9. The third-order valence-corrected chi connectivity index (χ3v) is 6.62. The quantitative estimate of drug-likeness (QED) is 0.416. The molecule has 178 valence electrons. The Morgan fingerprint density at radius 3 is 2.71 bits per heavy atom. The molecule has 1 aliphatic carbocycles. The van der Waals surface area contributed by atoms with E-state index in [1.54, 1.807) is 22.7 Å². The first kappa shape index (κ1) is 22.5. The van der Waals surface area contributed by atoms with Crippen molar-refractivity contribution in [1.82, 2.24) is 19.6 Å². The topological polar surface area (TPSA) is 117 Å². The highest BCUT2D eigenvalue weighted by Crippen LogP contribution is 2.47. The average molecular weight is 484 g/mol. The molecule has 2 aliphatic rings. The summed E-state index contributed by atoms with van der Waals surface area (Å²) in [6.07, 6.45) is 5.73. The Balaban J connectivity index is 1.18. The summed E-state index contributed by atoms with van der Waals surface area (Å²) >= 11 is 1.42. The summed E-state index contributed by atoms with van der Waals surface area (Å²) in [5.74, 6) is 0.256. The molecule has 1 spiro atoms. The van der Waals surface area contributed by atoms with Gasteiger partial charge < -0.3 is 19.5 Å². The van der Waals surface area contributed by atoms with Gasteiger partial charge in [0.25, 0.3) is 17.5 Å². The van der Waals surface area contributed by atoms with Gasteiger partial charge >= 0.3 is 5.97 Å². The highest BCUT2D eigenvalue weighted by molar-refractivity contribution is 7.98. The zero-order valence-electron chi connectivity index (χ0n) is 19.2. The maximum Gasteiger partial charge on any atom is 0.310 e. The minimum absolute atomic E-state index is 0.0194. The third-order valence-electron chi connectivity index (χ3n) is 6.08. The molecule has 34 heavy (non-hydrogen) atoms. The van der Waals surface area contributed by atoms with E-state index in [0.717, 1.165) is 31.4 Å². The van der Waals surface area contributed by atoms with Crippen LogP contribution in [0.25, 0.3) is 5.78 Å². The van der Waals surface area contributed by atoms with Crippen molar-refractivity contribution < 1.29 is 23.8 Å². The van der Waals surface area contributed by atoms with Crippen LogP contribution in [0.4, 0.5) is 5.69 Å². The molecule has 0 radical (unpaired) electrons. The van der Waals surface area contributed by atoms with Crippen molar-refractivity contribution in [3.8, 4) is 11.5 Å². The first-order valence-corrected chi connectivity index (χ1v) is 12.3. The lowest BCUT2D eigenvalue weighted by Crippen LogP contribution is -2.34. The summed E-state index contributed by atoms with van der Waals surface area (Å²) < 4.78 is 18.8. The van der Waals surface area contributed by atoms with Gasteiger partial charge in [-0.2, -0.15) is 4.98 Å². The number of carbonyl (C=O) groups excluding carboxylic acids is 2. The molecule has 1 aromatic carbocycles. The minimum atomic E-state index is -0.558. The standard InChI is InChI=1S/C23H25N5O5S/c1-13-16(14(2)28-21(24-13)26-22(27-28)34-3)11-20(30)31-12-19(29)25-15-6-7-17-18(10-15)33-23(32-17)8-4-5-9-23/h6-7,10H,4-5,8-9,11-12H2,1-3H3,(H,25,29). The van der Waals surface area contributed by atoms with Crippen LogP contribution in [0.5, 0.6) is 11.5 Å². The van der Waals surface area contributed by atoms with E-state index < -0.39 is 24.3 Å². The molecule has 1 saturated carbocycles. The number of ether oxygens (including phenoxy) is 3. The summed E-state index contributed by atoms with van der Waals surface area (Å²) in [7, 11) is 0. The van der Waals surface area contributed by atoms with Gasteiger partial charge in [-0.1, -0.05) is 11.8 Å². The van der Waals surface area contributed by atoms with Gasteiger partial charge in [0.15, 0.2) is 18.1 Å². The van der Waals surface area contributed by atoms with E-state index in [9.17, 15) is 9.59 Å². The summed E-state index contributed by atoms with van der Waals surface area (Å²) in [5, 5.41) is 7.72. The Hall–Kier alpha value is -3.34. The summed E-state index contributed by atoms with van der Waals surface area (Å²) in [6.45, 7) is 3.27. The monoisotopic (exact) mass is 483 g/mol. The Labute approximate surface area is 200 Å². The van der Waals surface area contributed by atoms with E-state index in [1.807, 2.05) is 20.1 Å². The molecule has 10 nitrogen and oxygen atoms in total. The average Bonchev–Trinajstić information content (AvgIpc) is 3.53. The second-order valence-corrected chi connectivity index (χ2v) is 9.21. The smallest absolute Gasteiger partial charge is 0.310 e. The maximum atomic E-state index is 12.5. The molecule has 1 aliphatic heterocycles. The number of aryl methyl sites for hydroxylation is 2. The summed E-state index contributed by atoms with van der Waals surface area (Å²) in [6, 6.07) is 5.26. The van der Waals surface area contributed by atoms with Gasteiger partial charge in [-0.05, 0) is 45.1 Å². The largest absolute Gasteiger partial charge is 0.455 e. The fourth-order valence-corrected chi connectivity index (χ4v) is 4.70. The van der Waals surface area contributed by atoms with Crippen molar-refractivity contribution in [2.24, 2.45) is 0 Å². The number of rotatable bonds is 6. The number of amides is 1. The summed E-state index contributed by atoms with van der Waals surface area (Å²) in [4.78, 5) is 33.6. The number of esters is 1. The van der Waals surface area contributed by atoms with Gasteiger partial charge in [0, 0.05) is 41.5 Å². The van der Waals surface area contributed by atoms with E-state index in [-0.39, 0.29) is 6.42 Å². The van der Waals surface area contributed by atoms with E-state index in [2.05, 4.69) is 20.4 Å². The molecule has 1 fully saturated rings. The zero-order chi connectivity index (χ0) is 23.9. The molecule has 0 atom stereocenters. The highest BCUT2D eigenvalue weighted by Gasteiger charge is 2.44. The molecule has 1 N–H and O–H groups in total. The van der Waals surface area contributed by atoms with Crippen molar-refractivity contribution in [1.29, 1.82) is 0 Å². The third kappa shape index (κ3) is 4.27. The van der Waals surface area contributed by atoms with Crippen LogP contribution >= 0.6 is 11.8 Å². The number of nitrogens with one attached hydrogen (secondary N) is 1. The number of aromatic nitrogens is 4. The molecule has 3 heterocycles. The molecule has 1 amide bonds. The normalized spacial score (nSPS) is 15.7. The van der Waals surface area contributed by atoms with Crippen LogP contribution in [0.2, 0.25) is 0 Å². The number of carbonyl (C=O) groups is 2.